The average Bonchev–Trinajstić information content (AvgIpc) is 3.14. The van der Waals surface area contributed by atoms with Gasteiger partial charge in [0, 0.05) is 51.4 Å². The fourth-order valence-corrected chi connectivity index (χ4v) is 4.20. The number of rotatable bonds is 6. The molecular weight excluding hydrogens is 465 g/mol. The monoisotopic (exact) mass is 499 g/mol. The van der Waals surface area contributed by atoms with Crippen LogP contribution in [-0.2, 0) is 4.79 Å². The van der Waals surface area contributed by atoms with Crippen molar-refractivity contribution in [1.29, 1.82) is 0 Å². The first kappa shape index (κ1) is 22.8. The van der Waals surface area contributed by atoms with Crippen LogP contribution >= 0.6 is 24.0 Å². The van der Waals surface area contributed by atoms with Crippen LogP contribution in [0.25, 0.3) is 0 Å². The average molecular weight is 499 g/mol. The van der Waals surface area contributed by atoms with Crippen molar-refractivity contribution in [2.75, 3.05) is 44.2 Å². The zero-order valence-electron chi connectivity index (χ0n) is 16.8. The maximum atomic E-state index is 11.3. The van der Waals surface area contributed by atoms with Gasteiger partial charge >= 0.3 is 0 Å². The van der Waals surface area contributed by atoms with Crippen molar-refractivity contribution in [3.05, 3.63) is 30.3 Å². The summed E-state index contributed by atoms with van der Waals surface area (Å²) in [4.78, 5) is 21.0. The van der Waals surface area contributed by atoms with Gasteiger partial charge in [-0.05, 0) is 50.2 Å². The van der Waals surface area contributed by atoms with Crippen LogP contribution in [0.4, 0.5) is 5.69 Å². The Balaban J connectivity index is 0.00000280. The first-order valence-electron chi connectivity index (χ1n) is 10.3. The maximum Gasteiger partial charge on any atom is 0.217 e. The van der Waals surface area contributed by atoms with E-state index in [1.807, 2.05) is 0 Å². The number of carbonyl (C=O) groups is 1. The second-order valence-electron chi connectivity index (χ2n) is 7.76. The Kier molecular flexibility index (Phi) is 9.34. The van der Waals surface area contributed by atoms with Gasteiger partial charge in [-0.3, -0.25) is 9.79 Å². The Morgan fingerprint density at radius 2 is 1.96 bits per heavy atom. The van der Waals surface area contributed by atoms with Gasteiger partial charge in [-0.15, -0.1) is 24.0 Å². The van der Waals surface area contributed by atoms with Crippen molar-refractivity contribution < 1.29 is 4.79 Å². The molecule has 0 spiro atoms. The topological polar surface area (TPSA) is 74.0 Å². The SMILES string of the molecule is CCNC(=NCC1CCN(c2ccccc2)C1)N1CCCC(CC(N)=O)C1.I. The van der Waals surface area contributed by atoms with Gasteiger partial charge in [-0.2, -0.15) is 0 Å². The molecule has 3 rings (SSSR count). The highest BCUT2D eigenvalue weighted by Crippen LogP contribution is 2.24. The molecule has 2 unspecified atom stereocenters. The third kappa shape index (κ3) is 6.53. The summed E-state index contributed by atoms with van der Waals surface area (Å²) in [6, 6.07) is 10.6. The molecule has 2 heterocycles. The number of nitrogens with one attached hydrogen (secondary N) is 1. The quantitative estimate of drug-likeness (QED) is 0.359. The molecule has 7 heteroatoms. The molecular formula is C21H34IN5O. The molecule has 2 fully saturated rings. The molecule has 0 radical (unpaired) electrons. The van der Waals surface area contributed by atoms with Crippen molar-refractivity contribution in [3.8, 4) is 0 Å². The fourth-order valence-electron chi connectivity index (χ4n) is 4.20. The van der Waals surface area contributed by atoms with Gasteiger partial charge in [0.25, 0.3) is 0 Å². The number of halogens is 1. The number of anilines is 1. The van der Waals surface area contributed by atoms with E-state index in [0.717, 1.165) is 58.1 Å². The molecule has 2 saturated heterocycles. The van der Waals surface area contributed by atoms with Gasteiger partial charge in [-0.1, -0.05) is 18.2 Å². The highest BCUT2D eigenvalue weighted by Gasteiger charge is 2.25. The van der Waals surface area contributed by atoms with Gasteiger partial charge in [0.1, 0.15) is 0 Å². The first-order valence-corrected chi connectivity index (χ1v) is 10.3. The first-order chi connectivity index (χ1) is 13.2. The van der Waals surface area contributed by atoms with Gasteiger partial charge in [0.05, 0.1) is 0 Å². The summed E-state index contributed by atoms with van der Waals surface area (Å²) in [5.74, 6) is 1.73. The van der Waals surface area contributed by atoms with Crippen LogP contribution < -0.4 is 16.0 Å². The van der Waals surface area contributed by atoms with E-state index in [2.05, 4.69) is 52.4 Å². The normalized spacial score (nSPS) is 22.7. The minimum Gasteiger partial charge on any atom is -0.371 e. The maximum absolute atomic E-state index is 11.3. The van der Waals surface area contributed by atoms with E-state index < -0.39 is 0 Å². The molecule has 0 aliphatic carbocycles. The highest BCUT2D eigenvalue weighted by atomic mass is 127. The second-order valence-corrected chi connectivity index (χ2v) is 7.76. The standard InChI is InChI=1S/C21H33N5O.HI/c1-2-23-21(26-11-6-7-17(15-26)13-20(22)27)24-14-18-10-12-25(16-18)19-8-4-3-5-9-19;/h3-5,8-9,17-18H,2,6-7,10-16H2,1H3,(H2,22,27)(H,23,24);1H. The summed E-state index contributed by atoms with van der Waals surface area (Å²) < 4.78 is 0. The zero-order valence-corrected chi connectivity index (χ0v) is 19.2. The fraction of sp³-hybridized carbons (Fsp3) is 0.619. The molecule has 0 saturated carbocycles. The number of aliphatic imine (C=N–C) groups is 1. The van der Waals surface area contributed by atoms with Crippen LogP contribution in [0.2, 0.25) is 0 Å². The molecule has 1 aromatic rings. The minimum atomic E-state index is -0.198. The number of nitrogens with zero attached hydrogens (tertiary/aromatic N) is 3. The van der Waals surface area contributed by atoms with E-state index in [0.29, 0.717) is 18.3 Å². The number of likely N-dealkylation sites (tertiary alicyclic amines) is 1. The number of primary amides is 1. The van der Waals surface area contributed by atoms with Crippen LogP contribution in [0.15, 0.2) is 35.3 Å². The number of carbonyl (C=O) groups excluding carboxylic acids is 1. The minimum absolute atomic E-state index is 0. The van der Waals surface area contributed by atoms with Crippen molar-refractivity contribution in [2.24, 2.45) is 22.6 Å². The molecule has 3 N–H and O–H groups in total. The summed E-state index contributed by atoms with van der Waals surface area (Å²) >= 11 is 0. The van der Waals surface area contributed by atoms with Crippen molar-refractivity contribution >= 4 is 41.5 Å². The third-order valence-electron chi connectivity index (χ3n) is 5.55. The number of benzene rings is 1. The van der Waals surface area contributed by atoms with E-state index in [9.17, 15) is 4.79 Å². The smallest absolute Gasteiger partial charge is 0.217 e. The molecule has 2 aliphatic heterocycles. The van der Waals surface area contributed by atoms with E-state index in [-0.39, 0.29) is 29.9 Å². The lowest BCUT2D eigenvalue weighted by atomic mass is 9.95. The lowest BCUT2D eigenvalue weighted by molar-refractivity contribution is -0.119. The molecule has 6 nitrogen and oxygen atoms in total. The number of hydrogen-bond acceptors (Lipinski definition) is 3. The lowest BCUT2D eigenvalue weighted by Crippen LogP contribution is -2.47. The molecule has 1 aromatic carbocycles. The number of para-hydroxylation sites is 1. The van der Waals surface area contributed by atoms with E-state index in [1.165, 1.54) is 12.1 Å². The summed E-state index contributed by atoms with van der Waals surface area (Å²) in [7, 11) is 0. The largest absolute Gasteiger partial charge is 0.371 e. The number of piperidine rings is 1. The molecule has 0 bridgehead atoms. The van der Waals surface area contributed by atoms with Gasteiger partial charge in [0.15, 0.2) is 5.96 Å². The molecule has 0 aromatic heterocycles. The molecule has 156 valence electrons. The highest BCUT2D eigenvalue weighted by molar-refractivity contribution is 14.0. The zero-order chi connectivity index (χ0) is 19.1. The summed E-state index contributed by atoms with van der Waals surface area (Å²) in [6.07, 6.45) is 3.83. The summed E-state index contributed by atoms with van der Waals surface area (Å²) in [6.45, 7) is 7.85. The third-order valence-corrected chi connectivity index (χ3v) is 5.55. The molecule has 1 amide bonds. The predicted octanol–water partition coefficient (Wildman–Crippen LogP) is 2.68. The van der Waals surface area contributed by atoms with Crippen LogP contribution in [0.1, 0.15) is 32.6 Å². The molecule has 28 heavy (non-hydrogen) atoms. The van der Waals surface area contributed by atoms with E-state index >= 15 is 0 Å². The Labute approximate surface area is 186 Å². The van der Waals surface area contributed by atoms with Crippen molar-refractivity contribution in [2.45, 2.75) is 32.6 Å². The number of hydrogen-bond donors (Lipinski definition) is 2. The van der Waals surface area contributed by atoms with Crippen molar-refractivity contribution in [3.63, 3.8) is 0 Å². The Hall–Kier alpha value is -1.51. The molecule has 2 aliphatic rings. The van der Waals surface area contributed by atoms with Crippen LogP contribution in [0.3, 0.4) is 0 Å². The lowest BCUT2D eigenvalue weighted by Gasteiger charge is -2.34. The van der Waals surface area contributed by atoms with Crippen LogP contribution in [0.5, 0.6) is 0 Å². The second kappa shape index (κ2) is 11.5. The Bertz CT molecular complexity index is 639. The number of guanidine groups is 1. The van der Waals surface area contributed by atoms with Crippen LogP contribution in [0, 0.1) is 11.8 Å². The van der Waals surface area contributed by atoms with Gasteiger partial charge < -0.3 is 20.9 Å². The summed E-state index contributed by atoms with van der Waals surface area (Å²) in [5, 5.41) is 3.44. The predicted molar refractivity (Wildman–Crippen MR) is 126 cm³/mol. The Morgan fingerprint density at radius 3 is 2.68 bits per heavy atom. The van der Waals surface area contributed by atoms with Gasteiger partial charge in [0.2, 0.25) is 5.91 Å². The van der Waals surface area contributed by atoms with Crippen LogP contribution in [-0.4, -0.2) is 56.0 Å². The van der Waals surface area contributed by atoms with E-state index in [4.69, 9.17) is 10.7 Å². The van der Waals surface area contributed by atoms with Gasteiger partial charge in [-0.25, -0.2) is 0 Å². The summed E-state index contributed by atoms with van der Waals surface area (Å²) in [5.41, 5.74) is 6.70. The van der Waals surface area contributed by atoms with E-state index in [1.54, 1.807) is 0 Å². The Morgan fingerprint density at radius 1 is 1.18 bits per heavy atom. The molecule has 2 atom stereocenters. The number of nitrogens with two attached hydrogens (primary N) is 1. The van der Waals surface area contributed by atoms with Crippen molar-refractivity contribution in [1.82, 2.24) is 10.2 Å². The number of amides is 1.